The van der Waals surface area contributed by atoms with Gasteiger partial charge in [0.2, 0.25) is 0 Å². The Morgan fingerprint density at radius 1 is 1.30 bits per heavy atom. The number of anilines is 1. The summed E-state index contributed by atoms with van der Waals surface area (Å²) in [5.41, 5.74) is 0.257. The monoisotopic (exact) mass is 276 g/mol. The Morgan fingerprint density at radius 2 is 2.00 bits per heavy atom. The summed E-state index contributed by atoms with van der Waals surface area (Å²) in [5, 5.41) is 12.5. The smallest absolute Gasteiger partial charge is 0.412 e. The Morgan fingerprint density at radius 3 is 2.60 bits per heavy atom. The third-order valence-corrected chi connectivity index (χ3v) is 2.56. The fourth-order valence-corrected chi connectivity index (χ4v) is 1.79. The molecular weight excluding hydrogens is 260 g/mol. The van der Waals surface area contributed by atoms with Crippen LogP contribution in [-0.2, 0) is 4.74 Å². The first-order valence-electron chi connectivity index (χ1n) is 6.11. The molecule has 0 radical (unpaired) electrons. The Labute approximate surface area is 115 Å². The first-order valence-corrected chi connectivity index (χ1v) is 6.11. The van der Waals surface area contributed by atoms with Gasteiger partial charge in [-0.2, -0.15) is 0 Å². The summed E-state index contributed by atoms with van der Waals surface area (Å²) in [6.07, 6.45) is 1.02. The second-order valence-electron chi connectivity index (χ2n) is 5.39. The Bertz CT molecular complexity index is 667. The number of rotatable bonds is 2. The molecule has 0 aliphatic carbocycles. The molecule has 0 aliphatic heterocycles. The highest BCUT2D eigenvalue weighted by Gasteiger charge is 2.19. The van der Waals surface area contributed by atoms with Gasteiger partial charge in [0, 0.05) is 17.1 Å². The van der Waals surface area contributed by atoms with E-state index in [-0.39, 0.29) is 11.3 Å². The lowest BCUT2D eigenvalue weighted by Crippen LogP contribution is -2.27. The number of carboxylic acid groups (broad SMARTS) is 1. The number of H-pyrrole nitrogens is 1. The first-order chi connectivity index (χ1) is 9.26. The minimum Gasteiger partial charge on any atom is -0.478 e. The topological polar surface area (TPSA) is 91.4 Å². The number of benzene rings is 1. The number of carboxylic acids is 1. The van der Waals surface area contributed by atoms with E-state index in [4.69, 9.17) is 4.74 Å². The average molecular weight is 276 g/mol. The van der Waals surface area contributed by atoms with Crippen LogP contribution < -0.4 is 5.32 Å². The Kier molecular flexibility index (Phi) is 3.40. The zero-order valence-corrected chi connectivity index (χ0v) is 11.5. The molecule has 2 rings (SSSR count). The quantitative estimate of drug-likeness (QED) is 0.785. The van der Waals surface area contributed by atoms with Gasteiger partial charge in [0.25, 0.3) is 0 Å². The number of aromatic amines is 1. The molecule has 0 fully saturated rings. The van der Waals surface area contributed by atoms with Gasteiger partial charge in [-0.3, -0.25) is 5.32 Å². The molecule has 1 aromatic heterocycles. The molecule has 0 spiro atoms. The van der Waals surface area contributed by atoms with Gasteiger partial charge in [-0.05, 0) is 39.0 Å². The maximum Gasteiger partial charge on any atom is 0.412 e. The molecular formula is C14H16N2O4. The second kappa shape index (κ2) is 4.88. The fourth-order valence-electron chi connectivity index (χ4n) is 1.79. The Balaban J connectivity index is 2.34. The van der Waals surface area contributed by atoms with E-state index in [0.717, 1.165) is 5.39 Å². The largest absolute Gasteiger partial charge is 0.478 e. The lowest BCUT2D eigenvalue weighted by atomic mass is 10.1. The number of ether oxygens (including phenoxy) is 1. The van der Waals surface area contributed by atoms with E-state index >= 15 is 0 Å². The summed E-state index contributed by atoms with van der Waals surface area (Å²) in [6.45, 7) is 5.21. The molecule has 0 unspecified atom stereocenters. The molecule has 106 valence electrons. The number of carbonyl (C=O) groups excluding carboxylic acids is 1. The molecule has 3 N–H and O–H groups in total. The van der Waals surface area contributed by atoms with Crippen LogP contribution in [0.15, 0.2) is 24.4 Å². The van der Waals surface area contributed by atoms with Crippen LogP contribution in [0.25, 0.3) is 10.9 Å². The number of hydrogen-bond donors (Lipinski definition) is 3. The minimum atomic E-state index is -1.12. The predicted molar refractivity (Wildman–Crippen MR) is 75.1 cm³/mol. The van der Waals surface area contributed by atoms with Gasteiger partial charge in [0.1, 0.15) is 5.60 Å². The maximum atomic E-state index is 11.7. The highest BCUT2D eigenvalue weighted by molar-refractivity contribution is 6.03. The molecule has 0 atom stereocenters. The molecule has 0 saturated carbocycles. The van der Waals surface area contributed by atoms with Crippen molar-refractivity contribution in [1.29, 1.82) is 0 Å². The van der Waals surface area contributed by atoms with Gasteiger partial charge in [0.05, 0.1) is 11.3 Å². The van der Waals surface area contributed by atoms with Crippen molar-refractivity contribution < 1.29 is 19.4 Å². The molecule has 0 aliphatic rings. The number of aromatic nitrogens is 1. The van der Waals surface area contributed by atoms with Crippen molar-refractivity contribution in [3.8, 4) is 0 Å². The van der Waals surface area contributed by atoms with Crippen LogP contribution in [0.1, 0.15) is 31.1 Å². The number of nitrogens with one attached hydrogen (secondary N) is 2. The SMILES string of the molecule is CC(C)(C)OC(=O)Nc1cc2cc[nH]c2cc1C(=O)O. The van der Waals surface area contributed by atoms with Crippen molar-refractivity contribution in [3.05, 3.63) is 30.0 Å². The lowest BCUT2D eigenvalue weighted by Gasteiger charge is -2.20. The van der Waals surface area contributed by atoms with E-state index in [1.807, 2.05) is 0 Å². The number of amides is 1. The van der Waals surface area contributed by atoms with Crippen LogP contribution in [0.3, 0.4) is 0 Å². The number of hydrogen-bond acceptors (Lipinski definition) is 3. The molecule has 1 heterocycles. The highest BCUT2D eigenvalue weighted by Crippen LogP contribution is 2.24. The summed E-state index contributed by atoms with van der Waals surface area (Å²) in [5.74, 6) is -1.12. The van der Waals surface area contributed by atoms with Crippen molar-refractivity contribution in [1.82, 2.24) is 4.98 Å². The molecule has 0 bridgehead atoms. The van der Waals surface area contributed by atoms with Gasteiger partial charge < -0.3 is 14.8 Å². The van der Waals surface area contributed by atoms with Crippen molar-refractivity contribution in [2.24, 2.45) is 0 Å². The van der Waals surface area contributed by atoms with Crippen molar-refractivity contribution in [2.45, 2.75) is 26.4 Å². The number of aromatic carboxylic acids is 1. The molecule has 0 saturated heterocycles. The van der Waals surface area contributed by atoms with Gasteiger partial charge in [-0.1, -0.05) is 0 Å². The van der Waals surface area contributed by atoms with Crippen LogP contribution in [-0.4, -0.2) is 27.8 Å². The molecule has 1 amide bonds. The standard InChI is InChI=1S/C14H16N2O4/c1-14(2,3)20-13(19)16-11-6-8-4-5-15-10(8)7-9(11)12(17)18/h4-7,15H,1-3H3,(H,16,19)(H,17,18). The third-order valence-electron chi connectivity index (χ3n) is 2.56. The van der Waals surface area contributed by atoms with Gasteiger partial charge in [-0.25, -0.2) is 9.59 Å². The molecule has 20 heavy (non-hydrogen) atoms. The van der Waals surface area contributed by atoms with Gasteiger partial charge in [-0.15, -0.1) is 0 Å². The van der Waals surface area contributed by atoms with E-state index in [0.29, 0.717) is 5.52 Å². The van der Waals surface area contributed by atoms with Crippen LogP contribution in [0.4, 0.5) is 10.5 Å². The van der Waals surface area contributed by atoms with Crippen molar-refractivity contribution in [3.63, 3.8) is 0 Å². The van der Waals surface area contributed by atoms with E-state index in [1.165, 1.54) is 6.07 Å². The van der Waals surface area contributed by atoms with E-state index in [2.05, 4.69) is 10.3 Å². The van der Waals surface area contributed by atoms with Gasteiger partial charge in [0.15, 0.2) is 0 Å². The summed E-state index contributed by atoms with van der Waals surface area (Å²) in [7, 11) is 0. The molecule has 1 aromatic carbocycles. The number of carbonyl (C=O) groups is 2. The molecule has 6 nitrogen and oxygen atoms in total. The lowest BCUT2D eigenvalue weighted by molar-refractivity contribution is 0.0636. The van der Waals surface area contributed by atoms with Crippen molar-refractivity contribution >= 4 is 28.7 Å². The maximum absolute atomic E-state index is 11.7. The van der Waals surface area contributed by atoms with Crippen molar-refractivity contribution in [2.75, 3.05) is 5.32 Å². The first kappa shape index (κ1) is 13.9. The minimum absolute atomic E-state index is 0.00538. The summed E-state index contributed by atoms with van der Waals surface area (Å²) >= 11 is 0. The van der Waals surface area contributed by atoms with Crippen LogP contribution in [0, 0.1) is 0 Å². The highest BCUT2D eigenvalue weighted by atomic mass is 16.6. The summed E-state index contributed by atoms with van der Waals surface area (Å²) in [6, 6.07) is 4.87. The number of fused-ring (bicyclic) bond motifs is 1. The molecule has 6 heteroatoms. The fraction of sp³-hybridized carbons (Fsp3) is 0.286. The summed E-state index contributed by atoms with van der Waals surface area (Å²) in [4.78, 5) is 25.9. The second-order valence-corrected chi connectivity index (χ2v) is 5.39. The van der Waals surface area contributed by atoms with E-state index in [9.17, 15) is 14.7 Å². The zero-order chi connectivity index (χ0) is 14.9. The van der Waals surface area contributed by atoms with Crippen LogP contribution in [0.2, 0.25) is 0 Å². The zero-order valence-electron chi connectivity index (χ0n) is 11.5. The van der Waals surface area contributed by atoms with Gasteiger partial charge >= 0.3 is 12.1 Å². The predicted octanol–water partition coefficient (Wildman–Crippen LogP) is 3.21. The normalized spacial score (nSPS) is 11.3. The van der Waals surface area contributed by atoms with Crippen LogP contribution in [0.5, 0.6) is 0 Å². The molecule has 2 aromatic rings. The van der Waals surface area contributed by atoms with E-state index < -0.39 is 17.7 Å². The average Bonchev–Trinajstić information content (AvgIpc) is 2.71. The van der Waals surface area contributed by atoms with Crippen LogP contribution >= 0.6 is 0 Å². The third kappa shape index (κ3) is 3.09. The summed E-state index contributed by atoms with van der Waals surface area (Å²) < 4.78 is 5.12. The Hall–Kier alpha value is -2.50. The van der Waals surface area contributed by atoms with E-state index in [1.54, 1.807) is 39.1 Å².